The van der Waals surface area contributed by atoms with E-state index in [1.54, 1.807) is 0 Å². The minimum atomic E-state index is 1.01. The smallest absolute Gasteiger partial charge is 0.0722 e. The van der Waals surface area contributed by atoms with Crippen LogP contribution in [0.1, 0.15) is 0 Å². The molecule has 0 aliphatic heterocycles. The lowest BCUT2D eigenvalue weighted by molar-refractivity contribution is 1.33. The number of nitrogens with zero attached hydrogens (tertiary/aromatic N) is 1. The van der Waals surface area contributed by atoms with Gasteiger partial charge in [-0.05, 0) is 34.4 Å². The molecule has 0 aliphatic carbocycles. The molecule has 6 aromatic rings. The molecule has 1 nitrogen and oxygen atoms in total. The molecule has 2 heterocycles. The Labute approximate surface area is 185 Å². The molecule has 0 amide bonds. The summed E-state index contributed by atoms with van der Waals surface area (Å²) in [6.07, 6.45) is 1.92. The van der Waals surface area contributed by atoms with Gasteiger partial charge < -0.3 is 0 Å². The summed E-state index contributed by atoms with van der Waals surface area (Å²) >= 11 is 1.87. The average molecular weight is 414 g/mol. The molecule has 2 heteroatoms. The summed E-state index contributed by atoms with van der Waals surface area (Å²) in [5.41, 5.74) is 7.15. The molecule has 146 valence electrons. The van der Waals surface area contributed by atoms with E-state index >= 15 is 0 Å². The van der Waals surface area contributed by atoms with Crippen LogP contribution in [0.3, 0.4) is 0 Å². The molecule has 0 aliphatic rings. The van der Waals surface area contributed by atoms with Crippen molar-refractivity contribution >= 4 is 31.5 Å². The second-order valence-electron chi connectivity index (χ2n) is 7.63. The average Bonchev–Trinajstić information content (AvgIpc) is 3.24. The highest BCUT2D eigenvalue weighted by Crippen LogP contribution is 2.43. The zero-order valence-corrected chi connectivity index (χ0v) is 17.6. The summed E-state index contributed by atoms with van der Waals surface area (Å²) in [6.45, 7) is 0. The van der Waals surface area contributed by atoms with Gasteiger partial charge in [-0.3, -0.25) is 4.98 Å². The van der Waals surface area contributed by atoms with Crippen molar-refractivity contribution in [2.45, 2.75) is 0 Å². The van der Waals surface area contributed by atoms with Gasteiger partial charge in [-0.1, -0.05) is 97.1 Å². The number of hydrogen-bond acceptors (Lipinski definition) is 2. The molecule has 2 aromatic heterocycles. The minimum absolute atomic E-state index is 1.01. The third-order valence-electron chi connectivity index (χ3n) is 5.75. The summed E-state index contributed by atoms with van der Waals surface area (Å²) in [5.74, 6) is 0. The van der Waals surface area contributed by atoms with E-state index in [4.69, 9.17) is 4.98 Å². The van der Waals surface area contributed by atoms with Crippen molar-refractivity contribution in [1.29, 1.82) is 0 Å². The first-order chi connectivity index (χ1) is 15.4. The summed E-state index contributed by atoms with van der Waals surface area (Å²) in [5, 5.41) is 2.60. The number of hydrogen-bond donors (Lipinski definition) is 0. The Kier molecular flexibility index (Phi) is 4.37. The van der Waals surface area contributed by atoms with E-state index in [2.05, 4.69) is 103 Å². The van der Waals surface area contributed by atoms with Crippen molar-refractivity contribution in [1.82, 2.24) is 4.98 Å². The van der Waals surface area contributed by atoms with Gasteiger partial charge >= 0.3 is 0 Å². The van der Waals surface area contributed by atoms with Crippen molar-refractivity contribution in [3.8, 4) is 33.5 Å². The molecule has 0 atom stereocenters. The molecule has 0 bridgehead atoms. The highest BCUT2D eigenvalue weighted by atomic mass is 32.1. The maximum atomic E-state index is 4.74. The van der Waals surface area contributed by atoms with Crippen LogP contribution in [-0.4, -0.2) is 4.98 Å². The summed E-state index contributed by atoms with van der Waals surface area (Å²) < 4.78 is 2.62. The van der Waals surface area contributed by atoms with Gasteiger partial charge in [0.15, 0.2) is 0 Å². The van der Waals surface area contributed by atoms with Crippen LogP contribution in [0.4, 0.5) is 0 Å². The van der Waals surface area contributed by atoms with Crippen molar-refractivity contribution in [2.75, 3.05) is 0 Å². The molecule has 0 fully saturated rings. The van der Waals surface area contributed by atoms with Gasteiger partial charge in [0.05, 0.1) is 5.69 Å². The van der Waals surface area contributed by atoms with Crippen LogP contribution in [0.15, 0.2) is 115 Å². The van der Waals surface area contributed by atoms with Gasteiger partial charge in [0.1, 0.15) is 0 Å². The number of pyridine rings is 1. The Morgan fingerprint density at radius 3 is 1.81 bits per heavy atom. The first kappa shape index (κ1) is 18.1. The number of fused-ring (bicyclic) bond motifs is 3. The normalized spacial score (nSPS) is 11.2. The van der Waals surface area contributed by atoms with Crippen LogP contribution in [-0.2, 0) is 0 Å². The zero-order valence-electron chi connectivity index (χ0n) is 16.8. The standard InChI is InChI=1S/C29H19NS/c1-3-9-20(10-4-1)22-17-18-30-27(19-22)26-16-8-15-25-24-14-7-13-23(28(24)31-29(25)26)21-11-5-2-6-12-21/h1-19H. The molecular formula is C29H19NS. The second-order valence-corrected chi connectivity index (χ2v) is 8.65. The van der Waals surface area contributed by atoms with Crippen LogP contribution in [0, 0.1) is 0 Å². The van der Waals surface area contributed by atoms with Crippen molar-refractivity contribution < 1.29 is 0 Å². The molecule has 0 saturated heterocycles. The van der Waals surface area contributed by atoms with Gasteiger partial charge in [-0.25, -0.2) is 0 Å². The molecule has 0 unspecified atom stereocenters. The number of thiophene rings is 1. The monoisotopic (exact) mass is 413 g/mol. The fourth-order valence-corrected chi connectivity index (χ4v) is 5.61. The Hall–Kier alpha value is -3.75. The minimum Gasteiger partial charge on any atom is -0.256 e. The number of aromatic nitrogens is 1. The predicted octanol–water partition coefficient (Wildman–Crippen LogP) is 8.45. The number of benzene rings is 4. The lowest BCUT2D eigenvalue weighted by Crippen LogP contribution is -1.85. The van der Waals surface area contributed by atoms with Gasteiger partial charge in [0.25, 0.3) is 0 Å². The first-order valence-electron chi connectivity index (χ1n) is 10.4. The molecule has 31 heavy (non-hydrogen) atoms. The van der Waals surface area contributed by atoms with E-state index in [1.807, 2.05) is 23.6 Å². The van der Waals surface area contributed by atoms with E-state index in [9.17, 15) is 0 Å². The predicted molar refractivity (Wildman–Crippen MR) is 133 cm³/mol. The molecular weight excluding hydrogens is 394 g/mol. The second kappa shape index (κ2) is 7.50. The van der Waals surface area contributed by atoms with E-state index < -0.39 is 0 Å². The maximum Gasteiger partial charge on any atom is 0.0722 e. The summed E-state index contributed by atoms with van der Waals surface area (Å²) in [6, 6.07) is 38.6. The van der Waals surface area contributed by atoms with Gasteiger partial charge in [0.2, 0.25) is 0 Å². The summed E-state index contributed by atoms with van der Waals surface area (Å²) in [7, 11) is 0. The first-order valence-corrected chi connectivity index (χ1v) is 11.2. The zero-order chi connectivity index (χ0) is 20.6. The molecule has 0 radical (unpaired) electrons. The Morgan fingerprint density at radius 2 is 1.10 bits per heavy atom. The molecule has 0 spiro atoms. The molecule has 6 rings (SSSR count). The molecule has 4 aromatic carbocycles. The van der Waals surface area contributed by atoms with Crippen LogP contribution in [0.25, 0.3) is 53.7 Å². The van der Waals surface area contributed by atoms with E-state index in [1.165, 1.54) is 48.0 Å². The lowest BCUT2D eigenvalue weighted by atomic mass is 10.0. The largest absolute Gasteiger partial charge is 0.256 e. The maximum absolute atomic E-state index is 4.74. The van der Waals surface area contributed by atoms with Crippen LogP contribution in [0.2, 0.25) is 0 Å². The Balaban J connectivity index is 1.58. The summed E-state index contributed by atoms with van der Waals surface area (Å²) in [4.78, 5) is 4.74. The van der Waals surface area contributed by atoms with Crippen LogP contribution >= 0.6 is 11.3 Å². The molecule has 0 saturated carbocycles. The number of rotatable bonds is 3. The fourth-order valence-electron chi connectivity index (χ4n) is 4.25. The Bertz CT molecular complexity index is 1510. The fraction of sp³-hybridized carbons (Fsp3) is 0. The molecule has 0 N–H and O–H groups in total. The van der Waals surface area contributed by atoms with Gasteiger partial charge in [0, 0.05) is 31.9 Å². The van der Waals surface area contributed by atoms with E-state index in [-0.39, 0.29) is 0 Å². The quantitative estimate of drug-likeness (QED) is 0.283. The van der Waals surface area contributed by atoms with Crippen molar-refractivity contribution in [2.24, 2.45) is 0 Å². The third kappa shape index (κ3) is 3.13. The van der Waals surface area contributed by atoms with Crippen molar-refractivity contribution in [3.63, 3.8) is 0 Å². The highest BCUT2D eigenvalue weighted by molar-refractivity contribution is 7.26. The van der Waals surface area contributed by atoms with Crippen LogP contribution in [0.5, 0.6) is 0 Å². The Morgan fingerprint density at radius 1 is 0.484 bits per heavy atom. The third-order valence-corrected chi connectivity index (χ3v) is 7.04. The van der Waals surface area contributed by atoms with Crippen LogP contribution < -0.4 is 0 Å². The van der Waals surface area contributed by atoms with E-state index in [0.29, 0.717) is 0 Å². The lowest BCUT2D eigenvalue weighted by Gasteiger charge is -2.06. The van der Waals surface area contributed by atoms with Crippen molar-refractivity contribution in [3.05, 3.63) is 115 Å². The SMILES string of the molecule is c1ccc(-c2ccnc(-c3cccc4c3sc3c(-c5ccccc5)cccc34)c2)cc1. The van der Waals surface area contributed by atoms with E-state index in [0.717, 1.165) is 5.69 Å². The topological polar surface area (TPSA) is 12.9 Å². The van der Waals surface area contributed by atoms with Gasteiger partial charge in [-0.2, -0.15) is 0 Å². The highest BCUT2D eigenvalue weighted by Gasteiger charge is 2.14. The van der Waals surface area contributed by atoms with Gasteiger partial charge in [-0.15, -0.1) is 11.3 Å².